The van der Waals surface area contributed by atoms with Crippen LogP contribution in [-0.4, -0.2) is 33.1 Å². The number of benzene rings is 1. The van der Waals surface area contributed by atoms with E-state index in [9.17, 15) is 9.90 Å². The minimum absolute atomic E-state index is 0.288. The fourth-order valence-electron chi connectivity index (χ4n) is 2.40. The first-order valence-corrected chi connectivity index (χ1v) is 7.41. The van der Waals surface area contributed by atoms with Crippen LogP contribution in [0.25, 0.3) is 22.4 Å². The summed E-state index contributed by atoms with van der Waals surface area (Å²) in [6.07, 6.45) is 1.48. The zero-order valence-corrected chi connectivity index (χ0v) is 13.6. The summed E-state index contributed by atoms with van der Waals surface area (Å²) in [5.41, 5.74) is 4.25. The van der Waals surface area contributed by atoms with Crippen LogP contribution in [0.5, 0.6) is 5.75 Å². The summed E-state index contributed by atoms with van der Waals surface area (Å²) in [5.74, 6) is 0.612. The number of carbonyl (C=O) groups excluding carboxylic acids is 1. The number of phenols is 1. The Balaban J connectivity index is 2.05. The number of aryl methyl sites for hydroxylation is 2. The standard InChI is InChI=1S/C17H17N5O2/c1-9-6-11(7-10(2)15(9)23)12-4-5-13-16(20-12)21-14(8-19-13)22-17(24)18-3/h4-8,23H,1-3H3,(H2,18,20,21,22,24). The number of hydrogen-bond acceptors (Lipinski definition) is 5. The van der Waals surface area contributed by atoms with Crippen molar-refractivity contribution in [2.45, 2.75) is 13.8 Å². The highest BCUT2D eigenvalue weighted by Gasteiger charge is 2.09. The van der Waals surface area contributed by atoms with Gasteiger partial charge in [-0.3, -0.25) is 5.32 Å². The monoisotopic (exact) mass is 323 g/mol. The van der Waals surface area contributed by atoms with Crippen molar-refractivity contribution in [2.24, 2.45) is 0 Å². The van der Waals surface area contributed by atoms with E-state index in [0.29, 0.717) is 17.0 Å². The number of rotatable bonds is 2. The van der Waals surface area contributed by atoms with Gasteiger partial charge in [0.25, 0.3) is 0 Å². The molecule has 0 radical (unpaired) electrons. The van der Waals surface area contributed by atoms with Crippen LogP contribution in [0.1, 0.15) is 11.1 Å². The van der Waals surface area contributed by atoms with Gasteiger partial charge in [0.1, 0.15) is 11.3 Å². The van der Waals surface area contributed by atoms with E-state index in [2.05, 4.69) is 25.6 Å². The molecule has 0 bridgehead atoms. The van der Waals surface area contributed by atoms with Crippen LogP contribution < -0.4 is 10.6 Å². The molecule has 0 fully saturated rings. The molecule has 7 nitrogen and oxygen atoms in total. The fraction of sp³-hybridized carbons (Fsp3) is 0.176. The molecule has 1 aromatic carbocycles. The molecule has 0 saturated heterocycles. The zero-order valence-electron chi connectivity index (χ0n) is 13.6. The van der Waals surface area contributed by atoms with Crippen molar-refractivity contribution in [3.8, 4) is 17.0 Å². The highest BCUT2D eigenvalue weighted by Crippen LogP contribution is 2.28. The average molecular weight is 323 g/mol. The fourth-order valence-corrected chi connectivity index (χ4v) is 2.40. The summed E-state index contributed by atoms with van der Waals surface area (Å²) in [6, 6.07) is 7.05. The summed E-state index contributed by atoms with van der Waals surface area (Å²) >= 11 is 0. The van der Waals surface area contributed by atoms with Gasteiger partial charge in [-0.2, -0.15) is 0 Å². The molecule has 2 aromatic heterocycles. The number of nitrogens with zero attached hydrogens (tertiary/aromatic N) is 3. The summed E-state index contributed by atoms with van der Waals surface area (Å²) in [5, 5.41) is 14.9. The molecule has 24 heavy (non-hydrogen) atoms. The molecule has 0 atom stereocenters. The molecule has 3 rings (SSSR count). The van der Waals surface area contributed by atoms with Crippen molar-refractivity contribution in [1.82, 2.24) is 20.3 Å². The van der Waals surface area contributed by atoms with Gasteiger partial charge in [0.2, 0.25) is 0 Å². The van der Waals surface area contributed by atoms with Crippen molar-refractivity contribution in [3.05, 3.63) is 41.6 Å². The van der Waals surface area contributed by atoms with Crippen LogP contribution in [0, 0.1) is 13.8 Å². The number of hydrogen-bond donors (Lipinski definition) is 3. The first-order valence-electron chi connectivity index (χ1n) is 7.41. The minimum atomic E-state index is -0.371. The number of urea groups is 1. The Morgan fingerprint density at radius 2 is 1.83 bits per heavy atom. The van der Waals surface area contributed by atoms with Crippen LogP contribution >= 0.6 is 0 Å². The van der Waals surface area contributed by atoms with Crippen LogP contribution in [0.2, 0.25) is 0 Å². The van der Waals surface area contributed by atoms with E-state index in [0.717, 1.165) is 22.4 Å². The van der Waals surface area contributed by atoms with Crippen LogP contribution in [0.3, 0.4) is 0 Å². The first-order chi connectivity index (χ1) is 11.5. The molecule has 0 aliphatic rings. The van der Waals surface area contributed by atoms with Gasteiger partial charge in [0.05, 0.1) is 11.9 Å². The Morgan fingerprint density at radius 3 is 2.50 bits per heavy atom. The quantitative estimate of drug-likeness (QED) is 0.673. The molecule has 0 saturated carbocycles. The van der Waals surface area contributed by atoms with Crippen molar-refractivity contribution in [1.29, 1.82) is 0 Å². The lowest BCUT2D eigenvalue weighted by Gasteiger charge is -2.09. The van der Waals surface area contributed by atoms with Gasteiger partial charge in [-0.1, -0.05) is 0 Å². The van der Waals surface area contributed by atoms with E-state index in [4.69, 9.17) is 0 Å². The third-order valence-electron chi connectivity index (χ3n) is 3.66. The normalized spacial score (nSPS) is 10.6. The van der Waals surface area contributed by atoms with Crippen molar-refractivity contribution < 1.29 is 9.90 Å². The maximum Gasteiger partial charge on any atom is 0.320 e. The first kappa shape index (κ1) is 15.7. The van der Waals surface area contributed by atoms with Gasteiger partial charge in [0, 0.05) is 12.6 Å². The molecule has 0 aliphatic carbocycles. The third-order valence-corrected chi connectivity index (χ3v) is 3.66. The highest BCUT2D eigenvalue weighted by atomic mass is 16.3. The van der Waals surface area contributed by atoms with Gasteiger partial charge >= 0.3 is 6.03 Å². The summed E-state index contributed by atoms with van der Waals surface area (Å²) < 4.78 is 0. The molecule has 122 valence electrons. The molecule has 3 aromatic rings. The second-order valence-corrected chi connectivity index (χ2v) is 5.46. The Morgan fingerprint density at radius 1 is 1.12 bits per heavy atom. The maximum atomic E-state index is 11.4. The van der Waals surface area contributed by atoms with Crippen LogP contribution in [-0.2, 0) is 0 Å². The number of pyridine rings is 1. The predicted molar refractivity (Wildman–Crippen MR) is 92.0 cm³/mol. The molecular formula is C17H17N5O2. The Kier molecular flexibility index (Phi) is 3.99. The predicted octanol–water partition coefficient (Wildman–Crippen LogP) is 2.77. The zero-order chi connectivity index (χ0) is 17.3. The SMILES string of the molecule is CNC(=O)Nc1cnc2ccc(-c3cc(C)c(O)c(C)c3)nc2n1. The van der Waals surface area contributed by atoms with E-state index in [1.54, 1.807) is 0 Å². The highest BCUT2D eigenvalue weighted by molar-refractivity contribution is 5.88. The van der Waals surface area contributed by atoms with Gasteiger partial charge in [-0.05, 0) is 49.2 Å². The summed E-state index contributed by atoms with van der Waals surface area (Å²) in [4.78, 5) is 24.5. The smallest absolute Gasteiger partial charge is 0.320 e. The van der Waals surface area contributed by atoms with Gasteiger partial charge in [-0.15, -0.1) is 0 Å². The molecule has 2 heterocycles. The van der Waals surface area contributed by atoms with E-state index < -0.39 is 0 Å². The van der Waals surface area contributed by atoms with Crippen molar-refractivity contribution in [3.63, 3.8) is 0 Å². The van der Waals surface area contributed by atoms with Gasteiger partial charge in [0.15, 0.2) is 11.5 Å². The van der Waals surface area contributed by atoms with Crippen molar-refractivity contribution >= 4 is 23.0 Å². The Hall–Kier alpha value is -3.22. The van der Waals surface area contributed by atoms with E-state index >= 15 is 0 Å². The topological polar surface area (TPSA) is 100 Å². The number of phenolic OH excluding ortho intramolecular Hbond substituents is 1. The second kappa shape index (κ2) is 6.11. The molecule has 0 unspecified atom stereocenters. The summed E-state index contributed by atoms with van der Waals surface area (Å²) in [7, 11) is 1.52. The number of anilines is 1. The molecule has 2 amide bonds. The molecular weight excluding hydrogens is 306 g/mol. The number of aromatic hydroxyl groups is 1. The Labute approximate surface area is 138 Å². The van der Waals surface area contributed by atoms with Crippen LogP contribution in [0.15, 0.2) is 30.5 Å². The van der Waals surface area contributed by atoms with Crippen molar-refractivity contribution in [2.75, 3.05) is 12.4 Å². The number of carbonyl (C=O) groups is 1. The lowest BCUT2D eigenvalue weighted by Crippen LogP contribution is -2.25. The minimum Gasteiger partial charge on any atom is -0.507 e. The van der Waals surface area contributed by atoms with Crippen LogP contribution in [0.4, 0.5) is 10.6 Å². The van der Waals surface area contributed by atoms with Gasteiger partial charge in [-0.25, -0.2) is 19.7 Å². The van der Waals surface area contributed by atoms with E-state index in [1.807, 2.05) is 38.1 Å². The third kappa shape index (κ3) is 2.96. The lowest BCUT2D eigenvalue weighted by atomic mass is 10.0. The summed E-state index contributed by atoms with van der Waals surface area (Å²) in [6.45, 7) is 3.69. The molecule has 3 N–H and O–H groups in total. The second-order valence-electron chi connectivity index (χ2n) is 5.46. The largest absolute Gasteiger partial charge is 0.507 e. The molecule has 0 spiro atoms. The molecule has 0 aliphatic heterocycles. The molecule has 7 heteroatoms. The number of fused-ring (bicyclic) bond motifs is 1. The number of nitrogens with one attached hydrogen (secondary N) is 2. The average Bonchev–Trinajstić information content (AvgIpc) is 2.58. The maximum absolute atomic E-state index is 11.4. The lowest BCUT2D eigenvalue weighted by molar-refractivity contribution is 0.254. The van der Waals surface area contributed by atoms with E-state index in [-0.39, 0.29) is 11.8 Å². The Bertz CT molecular complexity index is 916. The van der Waals surface area contributed by atoms with Gasteiger partial charge < -0.3 is 10.4 Å². The number of aromatic nitrogens is 3. The van der Waals surface area contributed by atoms with E-state index in [1.165, 1.54) is 13.2 Å². The number of amides is 2.